The van der Waals surface area contributed by atoms with Crippen LogP contribution >= 0.6 is 0 Å². The van der Waals surface area contributed by atoms with Crippen LogP contribution in [0.5, 0.6) is 5.75 Å². The maximum atomic E-state index is 11.9. The second-order valence-electron chi connectivity index (χ2n) is 5.36. The first-order valence-electron chi connectivity index (χ1n) is 7.61. The van der Waals surface area contributed by atoms with E-state index in [2.05, 4.69) is 0 Å². The van der Waals surface area contributed by atoms with Crippen LogP contribution in [-0.2, 0) is 4.79 Å². The molecular formula is C19H16O5. The fraction of sp³-hybridized carbons (Fsp3) is 0.158. The highest BCUT2D eigenvalue weighted by Crippen LogP contribution is 2.29. The molecule has 1 atom stereocenters. The van der Waals surface area contributed by atoms with Gasteiger partial charge in [0.25, 0.3) is 0 Å². The molecule has 0 aliphatic rings. The first-order valence-corrected chi connectivity index (χ1v) is 7.61. The predicted octanol–water partition coefficient (Wildman–Crippen LogP) is 3.70. The lowest BCUT2D eigenvalue weighted by Gasteiger charge is -2.13. The van der Waals surface area contributed by atoms with E-state index in [0.717, 1.165) is 16.5 Å². The molecule has 1 aromatic heterocycles. The van der Waals surface area contributed by atoms with E-state index in [1.807, 2.05) is 30.3 Å². The van der Waals surface area contributed by atoms with E-state index in [1.54, 1.807) is 25.1 Å². The second kappa shape index (κ2) is 6.58. The Morgan fingerprint density at radius 2 is 1.92 bits per heavy atom. The van der Waals surface area contributed by atoms with Gasteiger partial charge in [0.15, 0.2) is 6.10 Å². The van der Waals surface area contributed by atoms with Crippen LogP contribution in [0.15, 0.2) is 63.8 Å². The fourth-order valence-electron chi connectivity index (χ4n) is 2.55. The van der Waals surface area contributed by atoms with Crippen molar-refractivity contribution in [1.82, 2.24) is 0 Å². The van der Waals surface area contributed by atoms with Gasteiger partial charge in [0, 0.05) is 17.5 Å². The lowest BCUT2D eigenvalue weighted by molar-refractivity contribution is -0.145. The highest BCUT2D eigenvalue weighted by atomic mass is 16.5. The molecule has 24 heavy (non-hydrogen) atoms. The van der Waals surface area contributed by atoms with Crippen LogP contribution in [0.1, 0.15) is 13.3 Å². The van der Waals surface area contributed by atoms with E-state index >= 15 is 0 Å². The smallest absolute Gasteiger partial charge is 0.344 e. The average Bonchev–Trinajstić information content (AvgIpc) is 2.59. The summed E-state index contributed by atoms with van der Waals surface area (Å²) >= 11 is 0. The Balaban J connectivity index is 2.08. The summed E-state index contributed by atoms with van der Waals surface area (Å²) in [5, 5.41) is 9.85. The summed E-state index contributed by atoms with van der Waals surface area (Å²) in [5.74, 6) is -0.679. The molecule has 3 aromatic rings. The number of carboxylic acid groups (broad SMARTS) is 1. The quantitative estimate of drug-likeness (QED) is 0.724. The number of hydrogen-bond acceptors (Lipinski definition) is 4. The number of carbonyl (C=O) groups is 1. The standard InChI is InChI=1S/C19H16O5/c1-2-16(19(21)22)23-13-8-9-14-15(12-6-4-3-5-7-12)11-18(20)24-17(14)10-13/h3-11,16H,2H2,1H3,(H,21,22). The Bertz CT molecular complexity index is 927. The first-order chi connectivity index (χ1) is 11.6. The summed E-state index contributed by atoms with van der Waals surface area (Å²) in [7, 11) is 0. The van der Waals surface area contributed by atoms with Gasteiger partial charge >= 0.3 is 11.6 Å². The van der Waals surface area contributed by atoms with Crippen LogP contribution < -0.4 is 10.4 Å². The van der Waals surface area contributed by atoms with Crippen molar-refractivity contribution in [2.75, 3.05) is 0 Å². The van der Waals surface area contributed by atoms with Crippen molar-refractivity contribution in [3.05, 3.63) is 65.0 Å². The summed E-state index contributed by atoms with van der Waals surface area (Å²) in [5.41, 5.74) is 1.56. The molecule has 0 saturated carbocycles. The van der Waals surface area contributed by atoms with E-state index in [4.69, 9.17) is 14.3 Å². The van der Waals surface area contributed by atoms with E-state index in [-0.39, 0.29) is 0 Å². The number of hydrogen-bond donors (Lipinski definition) is 1. The van der Waals surface area contributed by atoms with Gasteiger partial charge in [0.2, 0.25) is 0 Å². The Morgan fingerprint density at radius 3 is 2.58 bits per heavy atom. The minimum atomic E-state index is -1.03. The van der Waals surface area contributed by atoms with Gasteiger partial charge in [-0.1, -0.05) is 37.3 Å². The molecule has 0 amide bonds. The third-order valence-corrected chi connectivity index (χ3v) is 3.73. The zero-order valence-electron chi connectivity index (χ0n) is 13.1. The lowest BCUT2D eigenvalue weighted by atomic mass is 10.0. The van der Waals surface area contributed by atoms with Crippen molar-refractivity contribution in [2.24, 2.45) is 0 Å². The molecular weight excluding hydrogens is 308 g/mol. The van der Waals surface area contributed by atoms with Crippen molar-refractivity contribution in [1.29, 1.82) is 0 Å². The molecule has 0 spiro atoms. The summed E-state index contributed by atoms with van der Waals surface area (Å²) < 4.78 is 10.7. The van der Waals surface area contributed by atoms with Crippen LogP contribution in [-0.4, -0.2) is 17.2 Å². The van der Waals surface area contributed by atoms with Gasteiger partial charge < -0.3 is 14.3 Å². The second-order valence-corrected chi connectivity index (χ2v) is 5.36. The predicted molar refractivity (Wildman–Crippen MR) is 90.3 cm³/mol. The first kappa shape index (κ1) is 15.8. The van der Waals surface area contributed by atoms with E-state index < -0.39 is 17.7 Å². The van der Waals surface area contributed by atoms with Gasteiger partial charge in [0.1, 0.15) is 11.3 Å². The van der Waals surface area contributed by atoms with E-state index in [1.165, 1.54) is 6.07 Å². The largest absolute Gasteiger partial charge is 0.479 e. The molecule has 1 heterocycles. The van der Waals surface area contributed by atoms with Crippen molar-refractivity contribution < 1.29 is 19.1 Å². The van der Waals surface area contributed by atoms with Crippen LogP contribution in [0, 0.1) is 0 Å². The van der Waals surface area contributed by atoms with Gasteiger partial charge in [-0.3, -0.25) is 0 Å². The molecule has 0 fully saturated rings. The number of rotatable bonds is 5. The van der Waals surface area contributed by atoms with Crippen LogP contribution in [0.4, 0.5) is 0 Å². The number of fused-ring (bicyclic) bond motifs is 1. The van der Waals surface area contributed by atoms with E-state index in [0.29, 0.717) is 17.8 Å². The Hall–Kier alpha value is -3.08. The van der Waals surface area contributed by atoms with Gasteiger partial charge in [-0.2, -0.15) is 0 Å². The number of aliphatic carboxylic acids is 1. The fourth-order valence-corrected chi connectivity index (χ4v) is 2.55. The molecule has 122 valence electrons. The zero-order valence-corrected chi connectivity index (χ0v) is 13.1. The molecule has 1 N–H and O–H groups in total. The van der Waals surface area contributed by atoms with E-state index in [9.17, 15) is 9.59 Å². The molecule has 5 heteroatoms. The van der Waals surface area contributed by atoms with Gasteiger partial charge in [0.05, 0.1) is 0 Å². The van der Waals surface area contributed by atoms with Crippen LogP contribution in [0.25, 0.3) is 22.1 Å². The van der Waals surface area contributed by atoms with Gasteiger partial charge in [-0.25, -0.2) is 9.59 Å². The minimum Gasteiger partial charge on any atom is -0.479 e. The highest BCUT2D eigenvalue weighted by Gasteiger charge is 2.17. The molecule has 2 aromatic carbocycles. The Labute approximate surface area is 138 Å². The maximum absolute atomic E-state index is 11.9. The topological polar surface area (TPSA) is 76.7 Å². The summed E-state index contributed by atoms with van der Waals surface area (Å²) in [6.45, 7) is 1.73. The number of benzene rings is 2. The summed E-state index contributed by atoms with van der Waals surface area (Å²) in [6.07, 6.45) is -0.604. The van der Waals surface area contributed by atoms with Gasteiger partial charge in [-0.15, -0.1) is 0 Å². The summed E-state index contributed by atoms with van der Waals surface area (Å²) in [6, 6.07) is 16.0. The molecule has 0 radical (unpaired) electrons. The lowest BCUT2D eigenvalue weighted by Crippen LogP contribution is -2.25. The van der Waals surface area contributed by atoms with Crippen LogP contribution in [0.2, 0.25) is 0 Å². The van der Waals surface area contributed by atoms with Crippen molar-refractivity contribution in [3.63, 3.8) is 0 Å². The number of carboxylic acids is 1. The molecule has 0 saturated heterocycles. The molecule has 1 unspecified atom stereocenters. The number of ether oxygens (including phenoxy) is 1. The molecule has 5 nitrogen and oxygen atoms in total. The Morgan fingerprint density at radius 1 is 1.17 bits per heavy atom. The minimum absolute atomic E-state index is 0.335. The highest BCUT2D eigenvalue weighted by molar-refractivity contribution is 5.93. The third-order valence-electron chi connectivity index (χ3n) is 3.73. The Kier molecular flexibility index (Phi) is 4.33. The van der Waals surface area contributed by atoms with Crippen LogP contribution in [0.3, 0.4) is 0 Å². The third kappa shape index (κ3) is 3.15. The van der Waals surface area contributed by atoms with Crippen molar-refractivity contribution in [2.45, 2.75) is 19.4 Å². The zero-order chi connectivity index (χ0) is 17.1. The molecule has 0 aliphatic heterocycles. The maximum Gasteiger partial charge on any atom is 0.344 e. The monoisotopic (exact) mass is 324 g/mol. The molecule has 0 bridgehead atoms. The van der Waals surface area contributed by atoms with Crippen molar-refractivity contribution >= 4 is 16.9 Å². The average molecular weight is 324 g/mol. The molecule has 3 rings (SSSR count). The molecule has 0 aliphatic carbocycles. The van der Waals surface area contributed by atoms with Gasteiger partial charge in [-0.05, 0) is 29.7 Å². The summed E-state index contributed by atoms with van der Waals surface area (Å²) in [4.78, 5) is 23.0. The normalized spacial score (nSPS) is 12.0. The SMILES string of the molecule is CCC(Oc1ccc2c(-c3ccccc3)cc(=O)oc2c1)C(=O)O. The van der Waals surface area contributed by atoms with Crippen molar-refractivity contribution in [3.8, 4) is 16.9 Å².